The van der Waals surface area contributed by atoms with Gasteiger partial charge in [-0.2, -0.15) is 0 Å². The van der Waals surface area contributed by atoms with Gasteiger partial charge in [-0.3, -0.25) is 0 Å². The van der Waals surface area contributed by atoms with E-state index in [0.29, 0.717) is 5.41 Å². The van der Waals surface area contributed by atoms with Gasteiger partial charge in [-0.25, -0.2) is 0 Å². The lowest BCUT2D eigenvalue weighted by atomic mass is 9.74. The van der Waals surface area contributed by atoms with Crippen molar-refractivity contribution < 1.29 is 0 Å². The fourth-order valence-corrected chi connectivity index (χ4v) is 3.79. The molecule has 0 N–H and O–H groups in total. The molecule has 0 saturated heterocycles. The lowest BCUT2D eigenvalue weighted by Crippen LogP contribution is -2.24. The molecule has 2 fully saturated rings. The highest BCUT2D eigenvalue weighted by molar-refractivity contribution is 5.12. The summed E-state index contributed by atoms with van der Waals surface area (Å²) in [6.07, 6.45) is 0. The van der Waals surface area contributed by atoms with E-state index in [4.69, 9.17) is 0 Å². The minimum atomic E-state index is 0.628. The van der Waals surface area contributed by atoms with Crippen molar-refractivity contribution in [3.63, 3.8) is 0 Å². The van der Waals surface area contributed by atoms with Crippen LogP contribution < -0.4 is 0 Å². The maximum absolute atomic E-state index is 2.46. The van der Waals surface area contributed by atoms with Gasteiger partial charge in [0.1, 0.15) is 0 Å². The van der Waals surface area contributed by atoms with Crippen molar-refractivity contribution in [2.75, 3.05) is 0 Å². The molecule has 0 aliphatic heterocycles. The Labute approximate surface area is 70.4 Å². The maximum atomic E-state index is 2.46. The van der Waals surface area contributed by atoms with E-state index in [0.717, 1.165) is 29.6 Å². The predicted molar refractivity (Wildman–Crippen MR) is 48.3 cm³/mol. The highest BCUT2D eigenvalue weighted by atomic mass is 14.7. The third kappa shape index (κ3) is 0.711. The summed E-state index contributed by atoms with van der Waals surface area (Å²) < 4.78 is 0. The van der Waals surface area contributed by atoms with Crippen molar-refractivity contribution in [2.24, 2.45) is 35.0 Å². The van der Waals surface area contributed by atoms with Gasteiger partial charge in [-0.05, 0) is 35.0 Å². The quantitative estimate of drug-likeness (QED) is 0.500. The zero-order valence-corrected chi connectivity index (χ0v) is 8.39. The third-order valence-electron chi connectivity index (χ3n) is 4.88. The standard InChI is InChI=1S/C11H20/c1-6-8(3)11(4,5)10-7(2)9(6)10/h6-10H,1-5H3. The van der Waals surface area contributed by atoms with E-state index in [1.165, 1.54) is 0 Å². The molecule has 2 aliphatic carbocycles. The first-order valence-electron chi connectivity index (χ1n) is 4.98. The predicted octanol–water partition coefficient (Wildman–Crippen LogP) is 3.18. The molecule has 2 aliphatic rings. The smallest absolute Gasteiger partial charge is 0.0292 e. The lowest BCUT2D eigenvalue weighted by molar-refractivity contribution is 0.177. The molecule has 5 atom stereocenters. The van der Waals surface area contributed by atoms with Crippen LogP contribution in [0.4, 0.5) is 0 Å². The Morgan fingerprint density at radius 3 is 1.73 bits per heavy atom. The highest BCUT2D eigenvalue weighted by Gasteiger charge is 2.65. The second-order valence-corrected chi connectivity index (χ2v) is 5.43. The summed E-state index contributed by atoms with van der Waals surface area (Å²) in [5, 5.41) is 0. The zero-order chi connectivity index (χ0) is 8.39. The molecule has 0 bridgehead atoms. The van der Waals surface area contributed by atoms with E-state index in [2.05, 4.69) is 34.6 Å². The monoisotopic (exact) mass is 152 g/mol. The average molecular weight is 152 g/mol. The van der Waals surface area contributed by atoms with Crippen LogP contribution in [0, 0.1) is 35.0 Å². The van der Waals surface area contributed by atoms with Crippen molar-refractivity contribution in [1.29, 1.82) is 0 Å². The Morgan fingerprint density at radius 2 is 1.45 bits per heavy atom. The number of hydrogen-bond donors (Lipinski definition) is 0. The third-order valence-corrected chi connectivity index (χ3v) is 4.88. The zero-order valence-electron chi connectivity index (χ0n) is 8.39. The van der Waals surface area contributed by atoms with Crippen LogP contribution in [0.25, 0.3) is 0 Å². The molecular formula is C11H20. The summed E-state index contributed by atoms with van der Waals surface area (Å²) in [5.74, 6) is 5.06. The molecular weight excluding hydrogens is 132 g/mol. The maximum Gasteiger partial charge on any atom is -0.0292 e. The van der Waals surface area contributed by atoms with E-state index in [9.17, 15) is 0 Å². The molecule has 0 amide bonds. The van der Waals surface area contributed by atoms with Crippen LogP contribution >= 0.6 is 0 Å². The van der Waals surface area contributed by atoms with Crippen molar-refractivity contribution in [2.45, 2.75) is 34.6 Å². The van der Waals surface area contributed by atoms with Gasteiger partial charge in [0.2, 0.25) is 0 Å². The molecule has 64 valence electrons. The Morgan fingerprint density at radius 1 is 0.909 bits per heavy atom. The second kappa shape index (κ2) is 1.84. The van der Waals surface area contributed by atoms with Gasteiger partial charge in [0.25, 0.3) is 0 Å². The van der Waals surface area contributed by atoms with E-state index >= 15 is 0 Å². The minimum absolute atomic E-state index is 0.628. The molecule has 0 nitrogen and oxygen atoms in total. The average Bonchev–Trinajstić information content (AvgIpc) is 2.53. The minimum Gasteiger partial charge on any atom is -0.0619 e. The first-order valence-corrected chi connectivity index (χ1v) is 4.98. The van der Waals surface area contributed by atoms with Crippen LogP contribution in [-0.4, -0.2) is 0 Å². The van der Waals surface area contributed by atoms with Crippen molar-refractivity contribution in [1.82, 2.24) is 0 Å². The van der Waals surface area contributed by atoms with Gasteiger partial charge >= 0.3 is 0 Å². The molecule has 0 radical (unpaired) electrons. The molecule has 0 heteroatoms. The summed E-state index contributed by atoms with van der Waals surface area (Å²) in [4.78, 5) is 0. The summed E-state index contributed by atoms with van der Waals surface area (Å²) in [7, 11) is 0. The van der Waals surface area contributed by atoms with Gasteiger partial charge < -0.3 is 0 Å². The highest BCUT2D eigenvalue weighted by Crippen LogP contribution is 2.70. The molecule has 0 heterocycles. The van der Waals surface area contributed by atoms with E-state index in [1.54, 1.807) is 0 Å². The van der Waals surface area contributed by atoms with Crippen molar-refractivity contribution in [3.05, 3.63) is 0 Å². The molecule has 2 saturated carbocycles. The molecule has 0 aromatic rings. The van der Waals surface area contributed by atoms with Crippen LogP contribution in [0.1, 0.15) is 34.6 Å². The molecule has 0 spiro atoms. The largest absolute Gasteiger partial charge is 0.0619 e. The van der Waals surface area contributed by atoms with E-state index in [1.807, 2.05) is 0 Å². The first-order chi connectivity index (χ1) is 4.98. The number of rotatable bonds is 0. The van der Waals surface area contributed by atoms with Gasteiger partial charge in [0, 0.05) is 0 Å². The van der Waals surface area contributed by atoms with Crippen molar-refractivity contribution >= 4 is 0 Å². The number of hydrogen-bond acceptors (Lipinski definition) is 0. The topological polar surface area (TPSA) is 0 Å². The van der Waals surface area contributed by atoms with Gasteiger partial charge in [-0.15, -0.1) is 0 Å². The van der Waals surface area contributed by atoms with Crippen LogP contribution in [0.5, 0.6) is 0 Å². The fourth-order valence-electron chi connectivity index (χ4n) is 3.79. The summed E-state index contributed by atoms with van der Waals surface area (Å²) in [6.45, 7) is 12.2. The summed E-state index contributed by atoms with van der Waals surface area (Å²) in [6, 6.07) is 0. The molecule has 2 rings (SSSR count). The number of fused-ring (bicyclic) bond motifs is 1. The first kappa shape index (κ1) is 7.64. The molecule has 5 unspecified atom stereocenters. The van der Waals surface area contributed by atoms with Crippen LogP contribution in [-0.2, 0) is 0 Å². The Kier molecular flexibility index (Phi) is 1.28. The second-order valence-electron chi connectivity index (χ2n) is 5.43. The van der Waals surface area contributed by atoms with E-state index < -0.39 is 0 Å². The molecule has 0 aromatic heterocycles. The van der Waals surface area contributed by atoms with Crippen LogP contribution in [0.3, 0.4) is 0 Å². The summed E-state index contributed by atoms with van der Waals surface area (Å²) in [5.41, 5.74) is 0.628. The van der Waals surface area contributed by atoms with Crippen molar-refractivity contribution in [3.8, 4) is 0 Å². The van der Waals surface area contributed by atoms with Gasteiger partial charge in [-0.1, -0.05) is 34.6 Å². The summed E-state index contributed by atoms with van der Waals surface area (Å²) >= 11 is 0. The molecule has 0 aromatic carbocycles. The Balaban J connectivity index is 2.25. The Hall–Kier alpha value is 0. The lowest BCUT2D eigenvalue weighted by Gasteiger charge is -2.31. The Bertz CT molecular complexity index is 180. The van der Waals surface area contributed by atoms with Gasteiger partial charge in [0.15, 0.2) is 0 Å². The van der Waals surface area contributed by atoms with E-state index in [-0.39, 0.29) is 0 Å². The van der Waals surface area contributed by atoms with Crippen LogP contribution in [0.2, 0.25) is 0 Å². The normalized spacial score (nSPS) is 59.2. The van der Waals surface area contributed by atoms with Gasteiger partial charge in [0.05, 0.1) is 0 Å². The van der Waals surface area contributed by atoms with Crippen LogP contribution in [0.15, 0.2) is 0 Å². The molecule has 11 heavy (non-hydrogen) atoms. The fraction of sp³-hybridized carbons (Fsp3) is 1.00. The SMILES string of the molecule is CC1C2C(C)C2C(C)(C)C1C.